The summed E-state index contributed by atoms with van der Waals surface area (Å²) in [6.45, 7) is 3.07. The average molecular weight is 442 g/mol. The maximum absolute atomic E-state index is 12.8. The lowest BCUT2D eigenvalue weighted by Gasteiger charge is -2.15. The van der Waals surface area contributed by atoms with Gasteiger partial charge in [0.15, 0.2) is 11.3 Å². The summed E-state index contributed by atoms with van der Waals surface area (Å²) >= 11 is 0. The predicted octanol–water partition coefficient (Wildman–Crippen LogP) is 1.76. The van der Waals surface area contributed by atoms with E-state index in [4.69, 9.17) is 0 Å². The number of alkyl halides is 3. The predicted molar refractivity (Wildman–Crippen MR) is 102 cm³/mol. The van der Waals surface area contributed by atoms with Crippen molar-refractivity contribution < 1.29 is 32.6 Å². The number of hydrogen-bond donors (Lipinski definition) is 2. The fourth-order valence-corrected chi connectivity index (χ4v) is 3.61. The SMILES string of the molecule is Cc1nc2c(n1CCN(C)C)CCCc1c-2[nH]c(=O)c(C(=O)O)c1OC(=O)C(F)(F)F. The van der Waals surface area contributed by atoms with E-state index in [9.17, 15) is 32.7 Å². The number of carbonyl (C=O) groups is 2. The highest BCUT2D eigenvalue weighted by Crippen LogP contribution is 2.37. The molecule has 0 aromatic carbocycles. The number of rotatable bonds is 5. The maximum atomic E-state index is 12.8. The zero-order chi connectivity index (χ0) is 23.1. The van der Waals surface area contributed by atoms with Crippen molar-refractivity contribution >= 4 is 11.9 Å². The van der Waals surface area contributed by atoms with Crippen LogP contribution in [0.4, 0.5) is 13.2 Å². The Labute approximate surface area is 174 Å². The second kappa shape index (κ2) is 8.17. The van der Waals surface area contributed by atoms with Crippen LogP contribution >= 0.6 is 0 Å². The number of H-pyrrole nitrogens is 1. The van der Waals surface area contributed by atoms with Crippen molar-refractivity contribution in [3.05, 3.63) is 33.0 Å². The van der Waals surface area contributed by atoms with Crippen LogP contribution in [0.2, 0.25) is 0 Å². The second-order valence-electron chi connectivity index (χ2n) is 7.47. The molecule has 2 aromatic rings. The topological polar surface area (TPSA) is 118 Å². The molecule has 2 aromatic heterocycles. The Hall–Kier alpha value is -3.15. The molecule has 0 saturated carbocycles. The number of nitrogens with zero attached hydrogens (tertiary/aromatic N) is 3. The number of aromatic amines is 1. The van der Waals surface area contributed by atoms with Crippen LogP contribution in [0.1, 0.15) is 33.9 Å². The van der Waals surface area contributed by atoms with Crippen LogP contribution in [0.5, 0.6) is 5.75 Å². The number of aromatic nitrogens is 3. The molecule has 0 unspecified atom stereocenters. The molecule has 12 heteroatoms. The Morgan fingerprint density at radius 3 is 2.55 bits per heavy atom. The number of carboxylic acids is 1. The van der Waals surface area contributed by atoms with E-state index in [0.717, 1.165) is 5.69 Å². The molecule has 1 aliphatic rings. The summed E-state index contributed by atoms with van der Waals surface area (Å²) in [6.07, 6.45) is -4.34. The number of carbonyl (C=O) groups excluding carboxylic acids is 1. The third-order valence-corrected chi connectivity index (χ3v) is 5.02. The zero-order valence-electron chi connectivity index (χ0n) is 17.1. The minimum atomic E-state index is -5.36. The van der Waals surface area contributed by atoms with Gasteiger partial charge >= 0.3 is 18.1 Å². The molecule has 1 aliphatic carbocycles. The highest BCUT2D eigenvalue weighted by molar-refractivity contribution is 5.94. The standard InChI is InChI=1S/C19H21F3N4O5/c1-9-23-14-11(26(9)8-7-25(2)3)6-4-5-10-13(14)24-16(27)12(17(28)29)15(10)31-18(30)19(20,21)22/h4-8H2,1-3H3,(H,24,27)(H,28,29). The van der Waals surface area contributed by atoms with Gasteiger partial charge in [0.1, 0.15) is 11.5 Å². The number of halogens is 3. The molecular weight excluding hydrogens is 421 g/mol. The van der Waals surface area contributed by atoms with Crippen molar-refractivity contribution in [2.24, 2.45) is 0 Å². The van der Waals surface area contributed by atoms with Crippen molar-refractivity contribution in [3.8, 4) is 17.1 Å². The molecule has 0 saturated heterocycles. The Morgan fingerprint density at radius 1 is 1.29 bits per heavy atom. The third kappa shape index (κ3) is 4.33. The number of aromatic carboxylic acids is 1. The molecule has 168 valence electrons. The normalized spacial score (nSPS) is 13.5. The van der Waals surface area contributed by atoms with E-state index in [2.05, 4.69) is 14.7 Å². The van der Waals surface area contributed by atoms with Crippen LogP contribution < -0.4 is 10.3 Å². The lowest BCUT2D eigenvalue weighted by Crippen LogP contribution is -2.31. The van der Waals surface area contributed by atoms with Gasteiger partial charge in [0.2, 0.25) is 0 Å². The minimum Gasteiger partial charge on any atom is -0.477 e. The number of esters is 1. The zero-order valence-corrected chi connectivity index (χ0v) is 17.1. The monoisotopic (exact) mass is 442 g/mol. The Balaban J connectivity index is 2.23. The largest absolute Gasteiger partial charge is 0.491 e. The van der Waals surface area contributed by atoms with Crippen molar-refractivity contribution in [1.29, 1.82) is 0 Å². The van der Waals surface area contributed by atoms with Gasteiger partial charge in [-0.2, -0.15) is 13.2 Å². The molecule has 0 atom stereocenters. The van der Waals surface area contributed by atoms with Crippen molar-refractivity contribution in [3.63, 3.8) is 0 Å². The summed E-state index contributed by atoms with van der Waals surface area (Å²) in [5.41, 5.74) is -1.05. The van der Waals surface area contributed by atoms with Crippen LogP contribution in [-0.2, 0) is 24.2 Å². The Morgan fingerprint density at radius 2 is 1.97 bits per heavy atom. The average Bonchev–Trinajstić information content (AvgIpc) is 2.84. The molecule has 0 radical (unpaired) electrons. The molecule has 31 heavy (non-hydrogen) atoms. The van der Waals surface area contributed by atoms with E-state index in [1.807, 2.05) is 23.6 Å². The smallest absolute Gasteiger partial charge is 0.477 e. The highest BCUT2D eigenvalue weighted by Gasteiger charge is 2.43. The molecule has 0 aliphatic heterocycles. The molecule has 0 bridgehead atoms. The van der Waals surface area contributed by atoms with Crippen LogP contribution in [-0.4, -0.2) is 63.3 Å². The number of imidazole rings is 1. The third-order valence-electron chi connectivity index (χ3n) is 5.02. The van der Waals surface area contributed by atoms with Gasteiger partial charge in [-0.3, -0.25) is 4.79 Å². The van der Waals surface area contributed by atoms with E-state index in [0.29, 0.717) is 37.4 Å². The second-order valence-corrected chi connectivity index (χ2v) is 7.47. The molecule has 9 nitrogen and oxygen atoms in total. The van der Waals surface area contributed by atoms with Crippen LogP contribution in [0.3, 0.4) is 0 Å². The number of ether oxygens (including phenoxy) is 1. The van der Waals surface area contributed by atoms with E-state index >= 15 is 0 Å². The number of carboxylic acid groups (broad SMARTS) is 1. The summed E-state index contributed by atoms with van der Waals surface area (Å²) in [5.74, 6) is -4.65. The summed E-state index contributed by atoms with van der Waals surface area (Å²) in [7, 11) is 3.82. The van der Waals surface area contributed by atoms with Crippen molar-refractivity contribution in [1.82, 2.24) is 19.4 Å². The minimum absolute atomic E-state index is 0.00519. The number of pyridine rings is 1. The molecule has 0 amide bonds. The number of nitrogens with one attached hydrogen (secondary N) is 1. The first kappa shape index (κ1) is 22.5. The van der Waals surface area contributed by atoms with Gasteiger partial charge in [0.05, 0.1) is 5.69 Å². The van der Waals surface area contributed by atoms with Crippen molar-refractivity contribution in [2.45, 2.75) is 38.9 Å². The first-order valence-corrected chi connectivity index (χ1v) is 9.44. The van der Waals surface area contributed by atoms with Crippen LogP contribution in [0, 0.1) is 6.92 Å². The molecular formula is C19H21F3N4O5. The maximum Gasteiger partial charge on any atom is 0.491 e. The first-order chi connectivity index (χ1) is 14.4. The van der Waals surface area contributed by atoms with Crippen LogP contribution in [0.15, 0.2) is 4.79 Å². The fourth-order valence-electron chi connectivity index (χ4n) is 3.61. The van der Waals surface area contributed by atoms with Gasteiger partial charge in [0.25, 0.3) is 5.56 Å². The quantitative estimate of drug-likeness (QED) is 0.678. The number of likely N-dealkylation sites (N-methyl/N-ethyl adjacent to an activating group) is 1. The molecule has 2 N–H and O–H groups in total. The number of aryl methyl sites for hydroxylation is 1. The first-order valence-electron chi connectivity index (χ1n) is 9.44. The van der Waals surface area contributed by atoms with E-state index in [1.165, 1.54) is 0 Å². The summed E-state index contributed by atoms with van der Waals surface area (Å²) in [4.78, 5) is 44.4. The summed E-state index contributed by atoms with van der Waals surface area (Å²) in [6, 6.07) is 0. The van der Waals surface area contributed by atoms with Crippen molar-refractivity contribution in [2.75, 3.05) is 20.6 Å². The highest BCUT2D eigenvalue weighted by atomic mass is 19.4. The van der Waals surface area contributed by atoms with Crippen LogP contribution in [0.25, 0.3) is 11.4 Å². The molecule has 3 rings (SSSR count). The fraction of sp³-hybridized carbons (Fsp3) is 0.474. The number of fused-ring (bicyclic) bond motifs is 3. The van der Waals surface area contributed by atoms with Gasteiger partial charge < -0.3 is 24.3 Å². The summed E-state index contributed by atoms with van der Waals surface area (Å²) in [5, 5.41) is 9.38. The van der Waals surface area contributed by atoms with Gasteiger partial charge in [-0.25, -0.2) is 14.6 Å². The Bertz CT molecular complexity index is 1100. The molecule has 0 fully saturated rings. The van der Waals surface area contributed by atoms with E-state index in [-0.39, 0.29) is 17.7 Å². The van der Waals surface area contributed by atoms with Gasteiger partial charge in [-0.15, -0.1) is 0 Å². The van der Waals surface area contributed by atoms with Gasteiger partial charge in [0, 0.05) is 24.3 Å². The number of hydrogen-bond acceptors (Lipinski definition) is 6. The van der Waals surface area contributed by atoms with Gasteiger partial charge in [-0.05, 0) is 40.3 Å². The van der Waals surface area contributed by atoms with E-state index < -0.39 is 35.0 Å². The lowest BCUT2D eigenvalue weighted by atomic mass is 10.0. The Kier molecular flexibility index (Phi) is 5.94. The molecule has 2 heterocycles. The molecule has 0 spiro atoms. The van der Waals surface area contributed by atoms with E-state index in [1.54, 1.807) is 6.92 Å². The van der Waals surface area contributed by atoms with Gasteiger partial charge in [-0.1, -0.05) is 0 Å². The lowest BCUT2D eigenvalue weighted by molar-refractivity contribution is -0.189. The summed E-state index contributed by atoms with van der Waals surface area (Å²) < 4.78 is 44.8.